The Morgan fingerprint density at radius 3 is 2.62 bits per heavy atom. The van der Waals surface area contributed by atoms with Crippen LogP contribution in [-0.2, 0) is 24.4 Å². The Hall–Kier alpha value is -0.610. The zero-order valence-corrected chi connectivity index (χ0v) is 11.4. The zero-order valence-electron chi connectivity index (χ0n) is 10.6. The van der Waals surface area contributed by atoms with Crippen LogP contribution in [0.4, 0.5) is 0 Å². The van der Waals surface area contributed by atoms with Crippen LogP contribution in [0.25, 0.3) is 0 Å². The molecule has 0 bridgehead atoms. The normalized spacial score (nSPS) is 14.0. The van der Waals surface area contributed by atoms with Gasteiger partial charge in [0.25, 0.3) is 0 Å². The molecule has 0 aromatic carbocycles. The molecule has 0 aliphatic heterocycles. The molecule has 0 spiro atoms. The van der Waals surface area contributed by atoms with Crippen LogP contribution in [0.1, 0.15) is 26.3 Å². The molecule has 16 heavy (non-hydrogen) atoms. The molecular weight excluding hydrogens is 220 g/mol. The van der Waals surface area contributed by atoms with E-state index >= 15 is 0 Å². The predicted molar refractivity (Wildman–Crippen MR) is 69.9 cm³/mol. The molecule has 1 unspecified atom stereocenters. The van der Waals surface area contributed by atoms with Gasteiger partial charge in [0.1, 0.15) is 0 Å². The van der Waals surface area contributed by atoms with Gasteiger partial charge in [-0.2, -0.15) is 0 Å². The van der Waals surface area contributed by atoms with E-state index in [1.54, 1.807) is 0 Å². The molecule has 1 atom stereocenters. The van der Waals surface area contributed by atoms with Crippen molar-refractivity contribution in [1.29, 1.82) is 0 Å². The van der Waals surface area contributed by atoms with Crippen LogP contribution in [0.3, 0.4) is 0 Å². The summed E-state index contributed by atoms with van der Waals surface area (Å²) in [6, 6.07) is 2.09. The van der Waals surface area contributed by atoms with E-state index in [1.807, 2.05) is 38.6 Å². The first-order valence-corrected chi connectivity index (χ1v) is 6.91. The minimum Gasteiger partial charge on any atom is -0.357 e. The number of nitrogens with zero attached hydrogens (tertiary/aromatic N) is 1. The predicted octanol–water partition coefficient (Wildman–Crippen LogP) is 1.66. The van der Waals surface area contributed by atoms with Crippen molar-refractivity contribution in [2.45, 2.75) is 32.1 Å². The number of aromatic nitrogens is 1. The molecule has 0 fully saturated rings. The summed E-state index contributed by atoms with van der Waals surface area (Å²) >= 11 is 0. The van der Waals surface area contributed by atoms with Gasteiger partial charge in [-0.25, -0.2) is 0 Å². The third-order valence-electron chi connectivity index (χ3n) is 2.37. The van der Waals surface area contributed by atoms with Gasteiger partial charge in [-0.3, -0.25) is 4.21 Å². The second-order valence-corrected chi connectivity index (χ2v) is 7.35. The Morgan fingerprint density at radius 2 is 2.12 bits per heavy atom. The first-order chi connectivity index (χ1) is 7.39. The highest BCUT2D eigenvalue weighted by molar-refractivity contribution is 7.86. The third kappa shape index (κ3) is 4.49. The van der Waals surface area contributed by atoms with Crippen molar-refractivity contribution in [3.05, 3.63) is 24.0 Å². The van der Waals surface area contributed by atoms with Gasteiger partial charge < -0.3 is 9.88 Å². The SMILES string of the molecule is Cn1ccc(CNCCS(=O)C(C)(C)C)c1. The van der Waals surface area contributed by atoms with Crippen molar-refractivity contribution in [2.75, 3.05) is 12.3 Å². The van der Waals surface area contributed by atoms with Crippen molar-refractivity contribution in [1.82, 2.24) is 9.88 Å². The van der Waals surface area contributed by atoms with E-state index in [-0.39, 0.29) is 4.75 Å². The molecule has 0 aliphatic carbocycles. The fourth-order valence-corrected chi connectivity index (χ4v) is 2.31. The first-order valence-electron chi connectivity index (χ1n) is 5.59. The molecule has 1 N–H and O–H groups in total. The van der Waals surface area contributed by atoms with Gasteiger partial charge in [-0.15, -0.1) is 0 Å². The Bertz CT molecular complexity index is 352. The number of rotatable bonds is 5. The Morgan fingerprint density at radius 1 is 1.44 bits per heavy atom. The van der Waals surface area contributed by atoms with Crippen molar-refractivity contribution in [3.8, 4) is 0 Å². The van der Waals surface area contributed by atoms with Crippen LogP contribution < -0.4 is 5.32 Å². The van der Waals surface area contributed by atoms with E-state index in [2.05, 4.69) is 17.6 Å². The molecule has 0 amide bonds. The highest BCUT2D eigenvalue weighted by Crippen LogP contribution is 2.10. The first kappa shape index (κ1) is 13.5. The lowest BCUT2D eigenvalue weighted by molar-refractivity contribution is 0.640. The van der Waals surface area contributed by atoms with Gasteiger partial charge in [0.05, 0.1) is 0 Å². The largest absolute Gasteiger partial charge is 0.357 e. The van der Waals surface area contributed by atoms with Crippen molar-refractivity contribution in [2.24, 2.45) is 7.05 Å². The molecule has 1 heterocycles. The van der Waals surface area contributed by atoms with Crippen LogP contribution in [0.15, 0.2) is 18.5 Å². The second kappa shape index (κ2) is 5.64. The molecule has 0 aliphatic rings. The third-order valence-corrected chi connectivity index (χ3v) is 4.31. The molecule has 92 valence electrons. The van der Waals surface area contributed by atoms with Crippen LogP contribution in [0.2, 0.25) is 0 Å². The topological polar surface area (TPSA) is 34.0 Å². The number of hydrogen-bond donors (Lipinski definition) is 1. The van der Waals surface area contributed by atoms with Gasteiger partial charge >= 0.3 is 0 Å². The smallest absolute Gasteiger partial charge is 0.0375 e. The lowest BCUT2D eigenvalue weighted by Crippen LogP contribution is -2.29. The summed E-state index contributed by atoms with van der Waals surface area (Å²) in [5.74, 6) is 0.719. The van der Waals surface area contributed by atoms with Gasteiger partial charge in [0.2, 0.25) is 0 Å². The standard InChI is InChI=1S/C12H22N2OS/c1-12(2,3)16(15)8-6-13-9-11-5-7-14(4)10-11/h5,7,10,13H,6,8-9H2,1-4H3. The van der Waals surface area contributed by atoms with Crippen molar-refractivity contribution >= 4 is 10.8 Å². The van der Waals surface area contributed by atoms with Crippen LogP contribution in [-0.4, -0.2) is 25.8 Å². The average molecular weight is 242 g/mol. The van der Waals surface area contributed by atoms with Gasteiger partial charge in [0.15, 0.2) is 0 Å². The van der Waals surface area contributed by atoms with Crippen molar-refractivity contribution in [3.63, 3.8) is 0 Å². The van der Waals surface area contributed by atoms with Gasteiger partial charge in [0, 0.05) is 53.8 Å². The summed E-state index contributed by atoms with van der Waals surface area (Å²) in [6.45, 7) is 7.70. The summed E-state index contributed by atoms with van der Waals surface area (Å²) in [5.41, 5.74) is 1.27. The molecule has 4 heteroatoms. The summed E-state index contributed by atoms with van der Waals surface area (Å²) in [5, 5.41) is 3.31. The highest BCUT2D eigenvalue weighted by Gasteiger charge is 2.18. The molecule has 0 saturated heterocycles. The Kier molecular flexibility index (Phi) is 4.74. The lowest BCUT2D eigenvalue weighted by atomic mass is 10.3. The maximum atomic E-state index is 11.7. The molecule has 1 rings (SSSR count). The maximum absolute atomic E-state index is 11.7. The van der Waals surface area contributed by atoms with Gasteiger partial charge in [-0.05, 0) is 32.4 Å². The van der Waals surface area contributed by atoms with Crippen LogP contribution in [0, 0.1) is 0 Å². The lowest BCUT2D eigenvalue weighted by Gasteiger charge is -2.17. The number of aryl methyl sites for hydroxylation is 1. The number of hydrogen-bond acceptors (Lipinski definition) is 2. The van der Waals surface area contributed by atoms with E-state index in [4.69, 9.17) is 0 Å². The van der Waals surface area contributed by atoms with Gasteiger partial charge in [-0.1, -0.05) is 0 Å². The fraction of sp³-hybridized carbons (Fsp3) is 0.667. The molecule has 1 aromatic rings. The fourth-order valence-electron chi connectivity index (χ4n) is 1.37. The minimum absolute atomic E-state index is 0.103. The Labute approximate surface area is 101 Å². The maximum Gasteiger partial charge on any atom is 0.0375 e. The quantitative estimate of drug-likeness (QED) is 0.797. The molecule has 3 nitrogen and oxygen atoms in total. The monoisotopic (exact) mass is 242 g/mol. The number of nitrogens with one attached hydrogen (secondary N) is 1. The second-order valence-electron chi connectivity index (χ2n) is 5.02. The van der Waals surface area contributed by atoms with E-state index in [0.29, 0.717) is 0 Å². The molecule has 1 aromatic heterocycles. The van der Waals surface area contributed by atoms with E-state index < -0.39 is 10.8 Å². The average Bonchev–Trinajstić information content (AvgIpc) is 2.57. The Balaban J connectivity index is 2.20. The summed E-state index contributed by atoms with van der Waals surface area (Å²) in [6.07, 6.45) is 4.12. The van der Waals surface area contributed by atoms with E-state index in [9.17, 15) is 4.21 Å². The molecule has 0 radical (unpaired) electrons. The molecular formula is C12H22N2OS. The zero-order chi connectivity index (χ0) is 12.2. The van der Waals surface area contributed by atoms with Crippen molar-refractivity contribution < 1.29 is 4.21 Å². The minimum atomic E-state index is -0.758. The highest BCUT2D eigenvalue weighted by atomic mass is 32.2. The van der Waals surface area contributed by atoms with E-state index in [0.717, 1.165) is 18.8 Å². The van der Waals surface area contributed by atoms with E-state index in [1.165, 1.54) is 5.56 Å². The van der Waals surface area contributed by atoms with Crippen LogP contribution >= 0.6 is 0 Å². The summed E-state index contributed by atoms with van der Waals surface area (Å²) in [4.78, 5) is 0. The summed E-state index contributed by atoms with van der Waals surface area (Å²) in [7, 11) is 1.25. The van der Waals surface area contributed by atoms with Crippen LogP contribution in [0.5, 0.6) is 0 Å². The summed E-state index contributed by atoms with van der Waals surface area (Å²) < 4.78 is 13.7. The molecule has 0 saturated carbocycles.